The van der Waals surface area contributed by atoms with Gasteiger partial charge in [0.1, 0.15) is 5.82 Å². The summed E-state index contributed by atoms with van der Waals surface area (Å²) in [5.74, 6) is 1.66. The number of nitrogens with zero attached hydrogens (tertiary/aromatic N) is 3. The van der Waals surface area contributed by atoms with E-state index in [0.29, 0.717) is 19.1 Å². The van der Waals surface area contributed by atoms with Crippen molar-refractivity contribution in [3.05, 3.63) is 59.2 Å². The van der Waals surface area contributed by atoms with E-state index in [1.54, 1.807) is 0 Å². The van der Waals surface area contributed by atoms with Crippen molar-refractivity contribution in [3.63, 3.8) is 0 Å². The molecule has 2 aliphatic rings. The lowest BCUT2D eigenvalue weighted by molar-refractivity contribution is -0.136. The van der Waals surface area contributed by atoms with Gasteiger partial charge in [-0.15, -0.1) is 0 Å². The lowest BCUT2D eigenvalue weighted by atomic mass is 9.91. The number of likely N-dealkylation sites (tertiary alicyclic amines) is 1. The maximum atomic E-state index is 12.9. The van der Waals surface area contributed by atoms with Crippen LogP contribution in [-0.2, 0) is 22.7 Å². The lowest BCUT2D eigenvalue weighted by Gasteiger charge is -2.34. The summed E-state index contributed by atoms with van der Waals surface area (Å²) in [6, 6.07) is 10.2. The fourth-order valence-electron chi connectivity index (χ4n) is 4.66. The molecule has 5 heteroatoms. The SMILES string of the molecule is Cc1ncc(COCc2ccccc2)c(C2CCCN(C(=O)C3CCCC3)C2)n1. The Bertz CT molecular complexity index is 818. The molecule has 29 heavy (non-hydrogen) atoms. The average molecular weight is 394 g/mol. The zero-order valence-corrected chi connectivity index (χ0v) is 17.3. The van der Waals surface area contributed by atoms with Gasteiger partial charge in [0.2, 0.25) is 5.91 Å². The summed E-state index contributed by atoms with van der Waals surface area (Å²) in [6.07, 6.45) is 8.52. The first kappa shape index (κ1) is 20.0. The number of amides is 1. The number of carbonyl (C=O) groups excluding carboxylic acids is 1. The van der Waals surface area contributed by atoms with Crippen LogP contribution in [0.25, 0.3) is 0 Å². The molecular formula is C24H31N3O2. The fourth-order valence-corrected chi connectivity index (χ4v) is 4.66. The van der Waals surface area contributed by atoms with Crippen LogP contribution in [0.1, 0.15) is 67.1 Å². The molecule has 1 aromatic heterocycles. The van der Waals surface area contributed by atoms with Crippen LogP contribution in [0, 0.1) is 12.8 Å². The highest BCUT2D eigenvalue weighted by atomic mass is 16.5. The third kappa shape index (κ3) is 5.02. The van der Waals surface area contributed by atoms with Crippen molar-refractivity contribution in [2.24, 2.45) is 5.92 Å². The third-order valence-electron chi connectivity index (χ3n) is 6.21. The Morgan fingerprint density at radius 2 is 1.90 bits per heavy atom. The molecule has 1 unspecified atom stereocenters. The Kier molecular flexibility index (Phi) is 6.55. The van der Waals surface area contributed by atoms with Crippen molar-refractivity contribution >= 4 is 5.91 Å². The van der Waals surface area contributed by atoms with Crippen molar-refractivity contribution in [2.75, 3.05) is 13.1 Å². The summed E-state index contributed by atoms with van der Waals surface area (Å²) in [7, 11) is 0. The second kappa shape index (κ2) is 9.49. The normalized spacial score (nSPS) is 20.2. The topological polar surface area (TPSA) is 55.3 Å². The molecule has 5 nitrogen and oxygen atoms in total. The molecule has 0 radical (unpaired) electrons. The van der Waals surface area contributed by atoms with Crippen LogP contribution in [0.3, 0.4) is 0 Å². The molecule has 0 spiro atoms. The van der Waals surface area contributed by atoms with Crippen LogP contribution in [0.5, 0.6) is 0 Å². The van der Waals surface area contributed by atoms with Crippen molar-refractivity contribution in [1.82, 2.24) is 14.9 Å². The van der Waals surface area contributed by atoms with E-state index in [2.05, 4.69) is 22.0 Å². The van der Waals surface area contributed by atoms with E-state index in [-0.39, 0.29) is 11.8 Å². The largest absolute Gasteiger partial charge is 0.372 e. The van der Waals surface area contributed by atoms with Gasteiger partial charge in [0, 0.05) is 36.7 Å². The van der Waals surface area contributed by atoms with Crippen molar-refractivity contribution in [1.29, 1.82) is 0 Å². The van der Waals surface area contributed by atoms with Gasteiger partial charge in [-0.05, 0) is 38.2 Å². The van der Waals surface area contributed by atoms with E-state index in [9.17, 15) is 4.79 Å². The molecule has 2 fully saturated rings. The summed E-state index contributed by atoms with van der Waals surface area (Å²) in [4.78, 5) is 24.2. The summed E-state index contributed by atoms with van der Waals surface area (Å²) in [5, 5.41) is 0. The van der Waals surface area contributed by atoms with Gasteiger partial charge >= 0.3 is 0 Å². The van der Waals surface area contributed by atoms with Crippen LogP contribution in [0.15, 0.2) is 36.5 Å². The molecule has 1 saturated heterocycles. The number of carbonyl (C=O) groups is 1. The predicted molar refractivity (Wildman–Crippen MR) is 112 cm³/mol. The third-order valence-corrected chi connectivity index (χ3v) is 6.21. The highest BCUT2D eigenvalue weighted by molar-refractivity contribution is 5.79. The van der Waals surface area contributed by atoms with Gasteiger partial charge in [0.05, 0.1) is 18.9 Å². The first-order valence-electron chi connectivity index (χ1n) is 10.9. The van der Waals surface area contributed by atoms with Gasteiger partial charge in [0.25, 0.3) is 0 Å². The Hall–Kier alpha value is -2.27. The monoisotopic (exact) mass is 393 g/mol. The number of piperidine rings is 1. The molecule has 1 saturated carbocycles. The van der Waals surface area contributed by atoms with Crippen LogP contribution in [0.4, 0.5) is 0 Å². The Balaban J connectivity index is 1.43. The minimum absolute atomic E-state index is 0.245. The van der Waals surface area contributed by atoms with E-state index in [4.69, 9.17) is 9.72 Å². The number of benzene rings is 1. The number of ether oxygens (including phenoxy) is 1. The molecule has 1 amide bonds. The van der Waals surface area contributed by atoms with Crippen LogP contribution >= 0.6 is 0 Å². The van der Waals surface area contributed by atoms with Crippen molar-refractivity contribution in [2.45, 2.75) is 64.6 Å². The van der Waals surface area contributed by atoms with Gasteiger partial charge in [-0.3, -0.25) is 4.79 Å². The Morgan fingerprint density at radius 1 is 1.10 bits per heavy atom. The second-order valence-corrected chi connectivity index (χ2v) is 8.41. The predicted octanol–water partition coefficient (Wildman–Crippen LogP) is 4.40. The summed E-state index contributed by atoms with van der Waals surface area (Å²) in [6.45, 7) is 4.66. The van der Waals surface area contributed by atoms with Gasteiger partial charge < -0.3 is 9.64 Å². The van der Waals surface area contributed by atoms with E-state index in [1.807, 2.05) is 31.3 Å². The zero-order chi connectivity index (χ0) is 20.1. The first-order valence-corrected chi connectivity index (χ1v) is 10.9. The minimum Gasteiger partial charge on any atom is -0.372 e. The quantitative estimate of drug-likeness (QED) is 0.730. The highest BCUT2D eigenvalue weighted by Crippen LogP contribution is 2.32. The van der Waals surface area contributed by atoms with Crippen molar-refractivity contribution < 1.29 is 9.53 Å². The fraction of sp³-hybridized carbons (Fsp3) is 0.542. The first-order chi connectivity index (χ1) is 14.2. The van der Waals surface area contributed by atoms with Crippen LogP contribution in [-0.4, -0.2) is 33.9 Å². The molecule has 4 rings (SSSR count). The van der Waals surface area contributed by atoms with Gasteiger partial charge in [-0.2, -0.15) is 0 Å². The molecule has 2 aromatic rings. The summed E-state index contributed by atoms with van der Waals surface area (Å²) < 4.78 is 5.97. The summed E-state index contributed by atoms with van der Waals surface area (Å²) in [5.41, 5.74) is 3.27. The molecular weight excluding hydrogens is 362 g/mol. The smallest absolute Gasteiger partial charge is 0.225 e. The second-order valence-electron chi connectivity index (χ2n) is 8.41. The maximum Gasteiger partial charge on any atom is 0.225 e. The van der Waals surface area contributed by atoms with E-state index in [1.165, 1.54) is 12.8 Å². The molecule has 1 aliphatic heterocycles. The number of rotatable bonds is 6. The number of hydrogen-bond donors (Lipinski definition) is 0. The number of hydrogen-bond acceptors (Lipinski definition) is 4. The van der Waals surface area contributed by atoms with Gasteiger partial charge in [-0.25, -0.2) is 9.97 Å². The molecule has 0 bridgehead atoms. The van der Waals surface area contributed by atoms with E-state index >= 15 is 0 Å². The maximum absolute atomic E-state index is 12.9. The molecule has 2 heterocycles. The lowest BCUT2D eigenvalue weighted by Crippen LogP contribution is -2.42. The van der Waals surface area contributed by atoms with Crippen LogP contribution in [0.2, 0.25) is 0 Å². The van der Waals surface area contributed by atoms with Gasteiger partial charge in [-0.1, -0.05) is 43.2 Å². The molecule has 1 aromatic carbocycles. The summed E-state index contributed by atoms with van der Waals surface area (Å²) >= 11 is 0. The molecule has 0 N–H and O–H groups in total. The number of aryl methyl sites for hydroxylation is 1. The molecule has 1 aliphatic carbocycles. The minimum atomic E-state index is 0.245. The highest BCUT2D eigenvalue weighted by Gasteiger charge is 2.32. The Labute approximate surface area is 173 Å². The Morgan fingerprint density at radius 3 is 2.69 bits per heavy atom. The standard InChI is InChI=1S/C24H31N3O2/c1-18-25-14-22(17-29-16-19-8-3-2-4-9-19)23(26-18)21-12-7-13-27(15-21)24(28)20-10-5-6-11-20/h2-4,8-9,14,20-21H,5-7,10-13,15-17H2,1H3. The molecule has 154 valence electrons. The van der Waals surface area contributed by atoms with Crippen LogP contribution < -0.4 is 0 Å². The average Bonchev–Trinajstić information content (AvgIpc) is 3.30. The number of aromatic nitrogens is 2. The van der Waals surface area contributed by atoms with Crippen molar-refractivity contribution in [3.8, 4) is 0 Å². The van der Waals surface area contributed by atoms with E-state index in [0.717, 1.165) is 61.4 Å². The molecule has 1 atom stereocenters. The zero-order valence-electron chi connectivity index (χ0n) is 17.3. The van der Waals surface area contributed by atoms with Gasteiger partial charge in [0.15, 0.2) is 0 Å². The van der Waals surface area contributed by atoms with E-state index < -0.39 is 0 Å².